The van der Waals surface area contributed by atoms with Gasteiger partial charge in [-0.25, -0.2) is 9.37 Å². The Balaban J connectivity index is 1.58. The van der Waals surface area contributed by atoms with E-state index in [4.69, 9.17) is 11.6 Å². The van der Waals surface area contributed by atoms with Crippen LogP contribution in [-0.2, 0) is 11.3 Å². The van der Waals surface area contributed by atoms with Crippen molar-refractivity contribution in [3.63, 3.8) is 0 Å². The number of aromatic nitrogens is 2. The Morgan fingerprint density at radius 1 is 1.20 bits per heavy atom. The van der Waals surface area contributed by atoms with Crippen molar-refractivity contribution in [3.8, 4) is 11.1 Å². The number of thiophene rings is 1. The SMILES string of the molecule is CC(NC(=O)Cn1cnc2scc(-c3ccc(F)cc3)c2c1=O)c1ccc(Cl)cc1. The molecular formula is C22H17ClFN3O2S. The summed E-state index contributed by atoms with van der Waals surface area (Å²) in [6.07, 6.45) is 1.38. The van der Waals surface area contributed by atoms with Crippen molar-refractivity contribution >= 4 is 39.1 Å². The molecule has 0 aliphatic carbocycles. The molecule has 0 aliphatic heterocycles. The van der Waals surface area contributed by atoms with Crippen LogP contribution < -0.4 is 10.9 Å². The first-order valence-electron chi connectivity index (χ1n) is 9.20. The highest BCUT2D eigenvalue weighted by Crippen LogP contribution is 2.30. The third-order valence-electron chi connectivity index (χ3n) is 4.78. The number of benzene rings is 2. The summed E-state index contributed by atoms with van der Waals surface area (Å²) in [5.41, 5.74) is 2.00. The topological polar surface area (TPSA) is 64.0 Å². The highest BCUT2D eigenvalue weighted by Gasteiger charge is 2.16. The standard InChI is InChI=1S/C22H17ClFN3O2S/c1-13(14-2-6-16(23)7-3-14)26-19(28)10-27-12-25-21-20(22(27)29)18(11-30-21)15-4-8-17(24)9-5-15/h2-9,11-13H,10H2,1H3,(H,26,28). The maximum absolute atomic E-state index is 13.2. The Kier molecular flexibility index (Phi) is 5.65. The molecule has 152 valence electrons. The molecule has 0 radical (unpaired) electrons. The number of halogens is 2. The van der Waals surface area contributed by atoms with E-state index in [9.17, 15) is 14.0 Å². The van der Waals surface area contributed by atoms with E-state index in [1.165, 1.54) is 34.4 Å². The van der Waals surface area contributed by atoms with Crippen molar-refractivity contribution in [1.29, 1.82) is 0 Å². The average Bonchev–Trinajstić information content (AvgIpc) is 3.16. The van der Waals surface area contributed by atoms with Crippen LogP contribution in [0.4, 0.5) is 4.39 Å². The fourth-order valence-electron chi connectivity index (χ4n) is 3.20. The molecule has 30 heavy (non-hydrogen) atoms. The number of carbonyl (C=O) groups is 1. The molecule has 4 rings (SSSR count). The highest BCUT2D eigenvalue weighted by molar-refractivity contribution is 7.17. The average molecular weight is 442 g/mol. The number of nitrogens with one attached hydrogen (secondary N) is 1. The van der Waals surface area contributed by atoms with Crippen LogP contribution in [0, 0.1) is 5.82 Å². The molecule has 1 unspecified atom stereocenters. The van der Waals surface area contributed by atoms with Crippen molar-refractivity contribution in [3.05, 3.63) is 87.0 Å². The summed E-state index contributed by atoms with van der Waals surface area (Å²) in [7, 11) is 0. The minimum absolute atomic E-state index is 0.154. The van der Waals surface area contributed by atoms with E-state index in [-0.39, 0.29) is 29.9 Å². The fraction of sp³-hybridized carbons (Fsp3) is 0.136. The molecular weight excluding hydrogens is 425 g/mol. The molecule has 8 heteroatoms. The lowest BCUT2D eigenvalue weighted by Gasteiger charge is -2.15. The lowest BCUT2D eigenvalue weighted by Crippen LogP contribution is -2.33. The van der Waals surface area contributed by atoms with E-state index in [1.54, 1.807) is 24.3 Å². The van der Waals surface area contributed by atoms with Crippen molar-refractivity contribution in [2.75, 3.05) is 0 Å². The van der Waals surface area contributed by atoms with E-state index in [2.05, 4.69) is 10.3 Å². The molecule has 2 aromatic carbocycles. The van der Waals surface area contributed by atoms with Gasteiger partial charge in [-0.1, -0.05) is 35.9 Å². The summed E-state index contributed by atoms with van der Waals surface area (Å²) in [5.74, 6) is -0.653. The Labute approximate surface area is 180 Å². The molecule has 0 fully saturated rings. The van der Waals surface area contributed by atoms with Crippen LogP contribution >= 0.6 is 22.9 Å². The van der Waals surface area contributed by atoms with Crippen LogP contribution in [0.15, 0.2) is 65.0 Å². The zero-order chi connectivity index (χ0) is 21.3. The van der Waals surface area contributed by atoms with Crippen LogP contribution in [0.3, 0.4) is 0 Å². The minimum Gasteiger partial charge on any atom is -0.348 e. The summed E-state index contributed by atoms with van der Waals surface area (Å²) in [4.78, 5) is 30.5. The number of fused-ring (bicyclic) bond motifs is 1. The van der Waals surface area contributed by atoms with E-state index in [0.717, 1.165) is 11.1 Å². The molecule has 0 saturated carbocycles. The predicted octanol–water partition coefficient (Wildman–Crippen LogP) is 4.79. The summed E-state index contributed by atoms with van der Waals surface area (Å²) >= 11 is 7.23. The quantitative estimate of drug-likeness (QED) is 0.484. The second-order valence-corrected chi connectivity index (χ2v) is 8.15. The molecule has 2 heterocycles. The van der Waals surface area contributed by atoms with Gasteiger partial charge in [0, 0.05) is 16.0 Å². The third kappa shape index (κ3) is 4.13. The van der Waals surface area contributed by atoms with Crippen molar-refractivity contribution < 1.29 is 9.18 Å². The van der Waals surface area contributed by atoms with Crippen molar-refractivity contribution in [1.82, 2.24) is 14.9 Å². The molecule has 5 nitrogen and oxygen atoms in total. The largest absolute Gasteiger partial charge is 0.348 e. The first-order chi connectivity index (χ1) is 14.4. The second kappa shape index (κ2) is 8.38. The maximum atomic E-state index is 13.2. The molecule has 0 bridgehead atoms. The molecule has 1 atom stereocenters. The van der Waals surface area contributed by atoms with Crippen LogP contribution in [0.2, 0.25) is 5.02 Å². The third-order valence-corrected chi connectivity index (χ3v) is 5.92. The first-order valence-corrected chi connectivity index (χ1v) is 10.5. The predicted molar refractivity (Wildman–Crippen MR) is 117 cm³/mol. The van der Waals surface area contributed by atoms with Gasteiger partial charge in [-0.2, -0.15) is 0 Å². The highest BCUT2D eigenvalue weighted by atomic mass is 35.5. The number of hydrogen-bond acceptors (Lipinski definition) is 4. The molecule has 1 amide bonds. The second-order valence-electron chi connectivity index (χ2n) is 6.85. The summed E-state index contributed by atoms with van der Waals surface area (Å²) in [5, 5.41) is 5.74. The van der Waals surface area contributed by atoms with Gasteiger partial charge in [-0.3, -0.25) is 14.2 Å². The first kappa shape index (κ1) is 20.3. The van der Waals surface area contributed by atoms with E-state index >= 15 is 0 Å². The van der Waals surface area contributed by atoms with Gasteiger partial charge < -0.3 is 5.32 Å². The van der Waals surface area contributed by atoms with Gasteiger partial charge in [0.05, 0.1) is 17.8 Å². The van der Waals surface area contributed by atoms with Crippen LogP contribution in [0.1, 0.15) is 18.5 Å². The van der Waals surface area contributed by atoms with E-state index in [0.29, 0.717) is 20.8 Å². The van der Waals surface area contributed by atoms with Gasteiger partial charge in [0.2, 0.25) is 5.91 Å². The molecule has 0 spiro atoms. The van der Waals surface area contributed by atoms with Gasteiger partial charge in [0.25, 0.3) is 5.56 Å². The van der Waals surface area contributed by atoms with E-state index in [1.807, 2.05) is 24.4 Å². The number of carbonyl (C=O) groups excluding carboxylic acids is 1. The minimum atomic E-state index is -0.347. The van der Waals surface area contributed by atoms with Crippen LogP contribution in [-0.4, -0.2) is 15.5 Å². The number of nitrogens with zero attached hydrogens (tertiary/aromatic N) is 2. The summed E-state index contributed by atoms with van der Waals surface area (Å²) in [6, 6.07) is 12.9. The number of rotatable bonds is 5. The molecule has 0 aliphatic rings. The molecule has 4 aromatic rings. The van der Waals surface area contributed by atoms with Gasteiger partial charge in [-0.15, -0.1) is 11.3 Å². The Morgan fingerprint density at radius 2 is 1.90 bits per heavy atom. The zero-order valence-electron chi connectivity index (χ0n) is 15.9. The normalized spacial score (nSPS) is 12.1. The number of hydrogen-bond donors (Lipinski definition) is 1. The van der Waals surface area contributed by atoms with Gasteiger partial charge in [-0.05, 0) is 42.3 Å². The van der Waals surface area contributed by atoms with Crippen LogP contribution in [0.5, 0.6) is 0 Å². The van der Waals surface area contributed by atoms with Crippen LogP contribution in [0.25, 0.3) is 21.3 Å². The monoisotopic (exact) mass is 441 g/mol. The number of amides is 1. The zero-order valence-corrected chi connectivity index (χ0v) is 17.5. The van der Waals surface area contributed by atoms with E-state index < -0.39 is 0 Å². The van der Waals surface area contributed by atoms with Crippen molar-refractivity contribution in [2.45, 2.75) is 19.5 Å². The molecule has 2 aromatic heterocycles. The Bertz CT molecular complexity index is 1270. The smallest absolute Gasteiger partial charge is 0.263 e. The lowest BCUT2D eigenvalue weighted by molar-refractivity contribution is -0.122. The lowest BCUT2D eigenvalue weighted by atomic mass is 10.1. The Morgan fingerprint density at radius 3 is 2.60 bits per heavy atom. The summed E-state index contributed by atoms with van der Waals surface area (Å²) in [6.45, 7) is 1.70. The molecule has 0 saturated heterocycles. The fourth-order valence-corrected chi connectivity index (χ4v) is 4.23. The van der Waals surface area contributed by atoms with Gasteiger partial charge >= 0.3 is 0 Å². The molecule has 1 N–H and O–H groups in total. The van der Waals surface area contributed by atoms with Gasteiger partial charge in [0.1, 0.15) is 17.2 Å². The van der Waals surface area contributed by atoms with Gasteiger partial charge in [0.15, 0.2) is 0 Å². The maximum Gasteiger partial charge on any atom is 0.263 e. The van der Waals surface area contributed by atoms with Crippen molar-refractivity contribution in [2.24, 2.45) is 0 Å². The summed E-state index contributed by atoms with van der Waals surface area (Å²) < 4.78 is 14.5. The Hall–Kier alpha value is -3.03.